The van der Waals surface area contributed by atoms with Crippen molar-refractivity contribution in [1.82, 2.24) is 20.9 Å². The highest BCUT2D eigenvalue weighted by Gasteiger charge is 2.34. The molecule has 2 amide bonds. The van der Waals surface area contributed by atoms with Crippen LogP contribution in [0.3, 0.4) is 0 Å². The van der Waals surface area contributed by atoms with E-state index in [2.05, 4.69) is 20.9 Å². The normalized spacial score (nSPS) is 14.8. The number of rotatable bonds is 7. The summed E-state index contributed by atoms with van der Waals surface area (Å²) in [4.78, 5) is 29.6. The van der Waals surface area contributed by atoms with Gasteiger partial charge in [-0.15, -0.1) is 24.0 Å². The van der Waals surface area contributed by atoms with Gasteiger partial charge in [0.05, 0.1) is 12.6 Å². The SMILES string of the molecule is CCCNC(=O)CCN=C(NCC)NC1CN(C(=O)OC(C)(C)C)C1.I. The largest absolute Gasteiger partial charge is 0.444 e. The molecule has 0 atom stereocenters. The van der Waals surface area contributed by atoms with E-state index in [0.717, 1.165) is 13.0 Å². The maximum atomic E-state index is 11.9. The summed E-state index contributed by atoms with van der Waals surface area (Å²) in [5.74, 6) is 0.681. The van der Waals surface area contributed by atoms with E-state index >= 15 is 0 Å². The number of halogens is 1. The molecule has 0 aliphatic carbocycles. The average molecular weight is 483 g/mol. The van der Waals surface area contributed by atoms with Crippen LogP contribution in [-0.2, 0) is 9.53 Å². The second kappa shape index (κ2) is 12.2. The maximum absolute atomic E-state index is 11.9. The van der Waals surface area contributed by atoms with Crippen LogP contribution in [0.2, 0.25) is 0 Å². The first-order valence-corrected chi connectivity index (χ1v) is 9.04. The van der Waals surface area contributed by atoms with E-state index in [-0.39, 0.29) is 42.0 Å². The van der Waals surface area contributed by atoms with Gasteiger partial charge in [-0.1, -0.05) is 6.92 Å². The summed E-state index contributed by atoms with van der Waals surface area (Å²) in [6, 6.07) is 0.138. The van der Waals surface area contributed by atoms with Gasteiger partial charge in [0.1, 0.15) is 5.60 Å². The van der Waals surface area contributed by atoms with Crippen LogP contribution in [-0.4, -0.2) is 67.2 Å². The number of guanidine groups is 1. The third-order valence-electron chi connectivity index (χ3n) is 3.40. The van der Waals surface area contributed by atoms with Crippen molar-refractivity contribution in [3.63, 3.8) is 0 Å². The Kier molecular flexibility index (Phi) is 11.6. The van der Waals surface area contributed by atoms with Crippen LogP contribution in [0.25, 0.3) is 0 Å². The van der Waals surface area contributed by atoms with Gasteiger partial charge >= 0.3 is 6.09 Å². The molecule has 9 heteroatoms. The van der Waals surface area contributed by atoms with Crippen molar-refractivity contribution >= 4 is 41.9 Å². The highest BCUT2D eigenvalue weighted by molar-refractivity contribution is 14.0. The Bertz CT molecular complexity index is 474. The fraction of sp³-hybridized carbons (Fsp3) is 0.824. The van der Waals surface area contributed by atoms with Gasteiger partial charge in [-0.05, 0) is 34.1 Å². The number of aliphatic imine (C=N–C) groups is 1. The lowest BCUT2D eigenvalue weighted by Gasteiger charge is -2.40. The van der Waals surface area contributed by atoms with E-state index in [1.165, 1.54) is 0 Å². The van der Waals surface area contributed by atoms with Gasteiger partial charge in [0, 0.05) is 32.6 Å². The average Bonchev–Trinajstić information content (AvgIpc) is 2.46. The molecule has 3 N–H and O–H groups in total. The zero-order valence-electron chi connectivity index (χ0n) is 16.6. The monoisotopic (exact) mass is 483 g/mol. The molecule has 0 aromatic heterocycles. The minimum absolute atomic E-state index is 0. The number of amides is 2. The standard InChI is InChI=1S/C17H33N5O3.HI/c1-6-9-19-14(23)8-10-20-15(18-7-2)21-13-11-22(12-13)16(24)25-17(3,4)5;/h13H,6-12H2,1-5H3,(H,19,23)(H2,18,20,21);1H. The summed E-state index contributed by atoms with van der Waals surface area (Å²) in [7, 11) is 0. The lowest BCUT2D eigenvalue weighted by molar-refractivity contribution is -0.120. The lowest BCUT2D eigenvalue weighted by Crippen LogP contribution is -2.63. The molecule has 1 heterocycles. The summed E-state index contributed by atoms with van der Waals surface area (Å²) in [5.41, 5.74) is -0.482. The van der Waals surface area contributed by atoms with Gasteiger partial charge in [0.15, 0.2) is 5.96 Å². The van der Waals surface area contributed by atoms with Gasteiger partial charge in [-0.2, -0.15) is 0 Å². The zero-order chi connectivity index (χ0) is 18.9. The van der Waals surface area contributed by atoms with E-state index in [1.54, 1.807) is 4.90 Å². The van der Waals surface area contributed by atoms with Crippen molar-refractivity contribution in [2.45, 2.75) is 59.1 Å². The second-order valence-electron chi connectivity index (χ2n) is 7.09. The van der Waals surface area contributed by atoms with Gasteiger partial charge in [-0.3, -0.25) is 9.79 Å². The van der Waals surface area contributed by atoms with Crippen molar-refractivity contribution in [3.8, 4) is 0 Å². The molecule has 8 nitrogen and oxygen atoms in total. The van der Waals surface area contributed by atoms with Gasteiger partial charge < -0.3 is 25.6 Å². The van der Waals surface area contributed by atoms with E-state index in [4.69, 9.17) is 4.74 Å². The Morgan fingerprint density at radius 2 is 1.85 bits per heavy atom. The molecule has 26 heavy (non-hydrogen) atoms. The van der Waals surface area contributed by atoms with Crippen LogP contribution in [0, 0.1) is 0 Å². The Morgan fingerprint density at radius 3 is 2.38 bits per heavy atom. The molecular formula is C17H34IN5O3. The predicted octanol–water partition coefficient (Wildman–Crippen LogP) is 1.70. The number of nitrogens with one attached hydrogen (secondary N) is 3. The maximum Gasteiger partial charge on any atom is 0.410 e. The Balaban J connectivity index is 0.00000625. The number of carbonyl (C=O) groups excluding carboxylic acids is 2. The van der Waals surface area contributed by atoms with Crippen molar-refractivity contribution in [2.75, 3.05) is 32.7 Å². The Hall–Kier alpha value is -1.26. The summed E-state index contributed by atoms with van der Waals surface area (Å²) < 4.78 is 5.33. The number of hydrogen-bond acceptors (Lipinski definition) is 4. The van der Waals surface area contributed by atoms with Crippen molar-refractivity contribution in [3.05, 3.63) is 0 Å². The van der Waals surface area contributed by atoms with E-state index in [9.17, 15) is 9.59 Å². The molecule has 1 rings (SSSR count). The molecule has 1 fully saturated rings. The van der Waals surface area contributed by atoms with Crippen LogP contribution in [0.1, 0.15) is 47.5 Å². The molecule has 1 saturated heterocycles. The summed E-state index contributed by atoms with van der Waals surface area (Å²) in [6.07, 6.45) is 1.00. The van der Waals surface area contributed by atoms with Crippen molar-refractivity contribution in [2.24, 2.45) is 4.99 Å². The molecule has 0 saturated carbocycles. The number of likely N-dealkylation sites (tertiary alicyclic amines) is 1. The first-order chi connectivity index (χ1) is 11.7. The summed E-state index contributed by atoms with van der Waals surface area (Å²) in [6.45, 7) is 12.6. The molecule has 1 aliphatic heterocycles. The van der Waals surface area contributed by atoms with Crippen LogP contribution in [0.4, 0.5) is 4.79 Å². The first-order valence-electron chi connectivity index (χ1n) is 9.04. The molecule has 0 aromatic rings. The minimum Gasteiger partial charge on any atom is -0.444 e. The number of nitrogens with zero attached hydrogens (tertiary/aromatic N) is 2. The molecule has 0 radical (unpaired) electrons. The van der Waals surface area contributed by atoms with Crippen LogP contribution in [0.5, 0.6) is 0 Å². The molecule has 0 spiro atoms. The van der Waals surface area contributed by atoms with Crippen molar-refractivity contribution in [1.29, 1.82) is 0 Å². The smallest absolute Gasteiger partial charge is 0.410 e. The van der Waals surface area contributed by atoms with E-state index in [0.29, 0.717) is 38.6 Å². The second-order valence-corrected chi connectivity index (χ2v) is 7.09. The molecular weight excluding hydrogens is 449 g/mol. The highest BCUT2D eigenvalue weighted by Crippen LogP contribution is 2.15. The summed E-state index contributed by atoms with van der Waals surface area (Å²) in [5, 5.41) is 9.26. The Labute approximate surface area is 173 Å². The fourth-order valence-corrected chi connectivity index (χ4v) is 2.18. The number of carbonyl (C=O) groups is 2. The zero-order valence-corrected chi connectivity index (χ0v) is 18.9. The molecule has 0 unspecified atom stereocenters. The number of hydrogen-bond donors (Lipinski definition) is 3. The number of ether oxygens (including phenoxy) is 1. The van der Waals surface area contributed by atoms with E-state index < -0.39 is 5.60 Å². The Morgan fingerprint density at radius 1 is 1.19 bits per heavy atom. The topological polar surface area (TPSA) is 95.1 Å². The molecule has 0 bridgehead atoms. The van der Waals surface area contributed by atoms with Crippen LogP contribution in [0.15, 0.2) is 4.99 Å². The minimum atomic E-state index is -0.482. The molecule has 1 aliphatic rings. The van der Waals surface area contributed by atoms with Crippen LogP contribution < -0.4 is 16.0 Å². The molecule has 152 valence electrons. The lowest BCUT2D eigenvalue weighted by atomic mass is 10.1. The van der Waals surface area contributed by atoms with Gasteiger partial charge in [0.2, 0.25) is 5.91 Å². The fourth-order valence-electron chi connectivity index (χ4n) is 2.18. The van der Waals surface area contributed by atoms with E-state index in [1.807, 2.05) is 34.6 Å². The van der Waals surface area contributed by atoms with Crippen molar-refractivity contribution < 1.29 is 14.3 Å². The van der Waals surface area contributed by atoms with Crippen LogP contribution >= 0.6 is 24.0 Å². The highest BCUT2D eigenvalue weighted by atomic mass is 127. The van der Waals surface area contributed by atoms with Gasteiger partial charge in [0.25, 0.3) is 0 Å². The first kappa shape index (κ1) is 24.7. The quantitative estimate of drug-likeness (QED) is 0.291. The third kappa shape index (κ3) is 10.0. The molecule has 0 aromatic carbocycles. The predicted molar refractivity (Wildman–Crippen MR) is 114 cm³/mol. The summed E-state index contributed by atoms with van der Waals surface area (Å²) >= 11 is 0. The third-order valence-corrected chi connectivity index (χ3v) is 3.40. The van der Waals surface area contributed by atoms with Gasteiger partial charge in [-0.25, -0.2) is 4.79 Å².